The molecule has 3 nitrogen and oxygen atoms in total. The SMILES string of the molecule is CCCN1N=CN(Cl)C1CC(C)C. The molecule has 1 unspecified atom stereocenters. The summed E-state index contributed by atoms with van der Waals surface area (Å²) in [5.41, 5.74) is 0. The van der Waals surface area contributed by atoms with Gasteiger partial charge in [-0.1, -0.05) is 20.8 Å². The molecule has 1 aliphatic rings. The van der Waals surface area contributed by atoms with E-state index in [1.54, 1.807) is 10.8 Å². The summed E-state index contributed by atoms with van der Waals surface area (Å²) in [6, 6.07) is 0. The Balaban J connectivity index is 2.48. The number of hydrazone groups is 1. The summed E-state index contributed by atoms with van der Waals surface area (Å²) < 4.78 is 1.68. The van der Waals surface area contributed by atoms with Crippen LogP contribution in [0.1, 0.15) is 33.6 Å². The van der Waals surface area contributed by atoms with Crippen molar-refractivity contribution in [2.45, 2.75) is 39.8 Å². The molecule has 0 amide bonds. The molecular weight excluding hydrogens is 186 g/mol. The second kappa shape index (κ2) is 4.70. The largest absolute Gasteiger partial charge is 0.272 e. The summed E-state index contributed by atoms with van der Waals surface area (Å²) in [7, 11) is 0. The minimum absolute atomic E-state index is 0.251. The van der Waals surface area contributed by atoms with Crippen LogP contribution in [0, 0.1) is 5.92 Å². The molecule has 0 radical (unpaired) electrons. The molecule has 1 atom stereocenters. The van der Waals surface area contributed by atoms with Gasteiger partial charge in [0.1, 0.15) is 12.5 Å². The van der Waals surface area contributed by atoms with Crippen LogP contribution in [0.3, 0.4) is 0 Å². The van der Waals surface area contributed by atoms with E-state index in [2.05, 4.69) is 30.9 Å². The summed E-state index contributed by atoms with van der Waals surface area (Å²) in [4.78, 5) is 0. The lowest BCUT2D eigenvalue weighted by atomic mass is 10.1. The van der Waals surface area contributed by atoms with Crippen LogP contribution < -0.4 is 0 Å². The zero-order valence-corrected chi connectivity index (χ0v) is 9.33. The molecular formula is C9H18ClN3. The molecule has 0 saturated carbocycles. The van der Waals surface area contributed by atoms with Crippen molar-refractivity contribution in [1.29, 1.82) is 0 Å². The minimum Gasteiger partial charge on any atom is -0.272 e. The van der Waals surface area contributed by atoms with E-state index in [4.69, 9.17) is 11.8 Å². The van der Waals surface area contributed by atoms with Gasteiger partial charge in [-0.3, -0.25) is 5.01 Å². The first-order valence-electron chi connectivity index (χ1n) is 4.90. The van der Waals surface area contributed by atoms with E-state index in [-0.39, 0.29) is 6.17 Å². The van der Waals surface area contributed by atoms with Crippen LogP contribution in [0.25, 0.3) is 0 Å². The van der Waals surface area contributed by atoms with Gasteiger partial charge in [0.05, 0.1) is 0 Å². The smallest absolute Gasteiger partial charge is 0.134 e. The van der Waals surface area contributed by atoms with Gasteiger partial charge in [-0.05, 0) is 18.8 Å². The molecule has 0 N–H and O–H groups in total. The summed E-state index contributed by atoms with van der Waals surface area (Å²) in [5, 5.41) is 6.31. The third-order valence-electron chi connectivity index (χ3n) is 2.07. The summed E-state index contributed by atoms with van der Waals surface area (Å²) in [6.45, 7) is 7.54. The van der Waals surface area contributed by atoms with Crippen molar-refractivity contribution >= 4 is 18.1 Å². The fourth-order valence-corrected chi connectivity index (χ4v) is 1.70. The fraction of sp³-hybridized carbons (Fsp3) is 0.889. The average Bonchev–Trinajstić information content (AvgIpc) is 2.36. The van der Waals surface area contributed by atoms with Crippen molar-refractivity contribution in [3.63, 3.8) is 0 Å². The Kier molecular flexibility index (Phi) is 3.85. The molecule has 0 aliphatic carbocycles. The molecule has 1 heterocycles. The van der Waals surface area contributed by atoms with E-state index in [0.717, 1.165) is 19.4 Å². The standard InChI is InChI=1S/C9H18ClN3/c1-4-5-13-9(6-8(2)3)12(10)7-11-13/h7-9H,4-6H2,1-3H3. The van der Waals surface area contributed by atoms with Crippen molar-refractivity contribution in [2.24, 2.45) is 11.0 Å². The first-order valence-corrected chi connectivity index (χ1v) is 5.23. The average molecular weight is 204 g/mol. The van der Waals surface area contributed by atoms with Gasteiger partial charge in [-0.2, -0.15) is 5.10 Å². The molecule has 0 aromatic rings. The Labute approximate surface area is 85.5 Å². The summed E-state index contributed by atoms with van der Waals surface area (Å²) >= 11 is 6.00. The quantitative estimate of drug-likeness (QED) is 0.654. The maximum absolute atomic E-state index is 6.00. The molecule has 76 valence electrons. The Morgan fingerprint density at radius 1 is 1.54 bits per heavy atom. The molecule has 0 spiro atoms. The lowest BCUT2D eigenvalue weighted by Gasteiger charge is -2.27. The predicted molar refractivity (Wildman–Crippen MR) is 56.4 cm³/mol. The molecule has 1 rings (SSSR count). The molecule has 13 heavy (non-hydrogen) atoms. The first kappa shape index (κ1) is 10.6. The second-order valence-electron chi connectivity index (χ2n) is 3.85. The molecule has 0 aromatic carbocycles. The minimum atomic E-state index is 0.251. The summed E-state index contributed by atoms with van der Waals surface area (Å²) in [6.07, 6.45) is 4.12. The highest BCUT2D eigenvalue weighted by molar-refractivity contribution is 6.19. The van der Waals surface area contributed by atoms with Crippen LogP contribution in [0.4, 0.5) is 0 Å². The van der Waals surface area contributed by atoms with Crippen LogP contribution in [-0.2, 0) is 0 Å². The normalized spacial score (nSPS) is 22.1. The van der Waals surface area contributed by atoms with E-state index in [1.165, 1.54) is 0 Å². The third kappa shape index (κ3) is 2.76. The van der Waals surface area contributed by atoms with Crippen molar-refractivity contribution < 1.29 is 0 Å². The van der Waals surface area contributed by atoms with Crippen LogP contribution in [0.15, 0.2) is 5.10 Å². The van der Waals surface area contributed by atoms with Crippen LogP contribution in [0.5, 0.6) is 0 Å². The van der Waals surface area contributed by atoms with Crippen molar-refractivity contribution in [1.82, 2.24) is 9.43 Å². The Morgan fingerprint density at radius 2 is 2.23 bits per heavy atom. The van der Waals surface area contributed by atoms with E-state index < -0.39 is 0 Å². The Bertz CT molecular complexity index is 182. The lowest BCUT2D eigenvalue weighted by Crippen LogP contribution is -2.36. The molecule has 1 aliphatic heterocycles. The van der Waals surface area contributed by atoms with E-state index in [0.29, 0.717) is 5.92 Å². The zero-order chi connectivity index (χ0) is 9.84. The maximum atomic E-state index is 6.00. The van der Waals surface area contributed by atoms with E-state index in [1.807, 2.05) is 0 Å². The van der Waals surface area contributed by atoms with Crippen molar-refractivity contribution in [3.8, 4) is 0 Å². The predicted octanol–water partition coefficient (Wildman–Crippen LogP) is 2.48. The number of rotatable bonds is 4. The second-order valence-corrected chi connectivity index (χ2v) is 4.24. The highest BCUT2D eigenvalue weighted by atomic mass is 35.5. The molecule has 4 heteroatoms. The van der Waals surface area contributed by atoms with Gasteiger partial charge in [0, 0.05) is 18.3 Å². The molecule has 0 aromatic heterocycles. The monoisotopic (exact) mass is 203 g/mol. The van der Waals surface area contributed by atoms with Crippen LogP contribution in [-0.4, -0.2) is 28.5 Å². The third-order valence-corrected chi connectivity index (χ3v) is 2.39. The summed E-state index contributed by atoms with van der Waals surface area (Å²) in [5.74, 6) is 0.646. The van der Waals surface area contributed by atoms with Gasteiger partial charge in [0.15, 0.2) is 0 Å². The highest BCUT2D eigenvalue weighted by Crippen LogP contribution is 2.21. The fourth-order valence-electron chi connectivity index (χ4n) is 1.48. The Hall–Kier alpha value is -0.440. The number of halogens is 1. The van der Waals surface area contributed by atoms with Gasteiger partial charge < -0.3 is 0 Å². The van der Waals surface area contributed by atoms with E-state index in [9.17, 15) is 0 Å². The Morgan fingerprint density at radius 3 is 2.77 bits per heavy atom. The molecule has 0 fully saturated rings. The first-order chi connectivity index (χ1) is 6.15. The lowest BCUT2D eigenvalue weighted by molar-refractivity contribution is 0.151. The maximum Gasteiger partial charge on any atom is 0.134 e. The highest BCUT2D eigenvalue weighted by Gasteiger charge is 2.26. The van der Waals surface area contributed by atoms with Crippen molar-refractivity contribution in [2.75, 3.05) is 6.54 Å². The molecule has 0 saturated heterocycles. The van der Waals surface area contributed by atoms with Gasteiger partial charge in [-0.15, -0.1) is 0 Å². The van der Waals surface area contributed by atoms with Crippen molar-refractivity contribution in [3.05, 3.63) is 0 Å². The van der Waals surface area contributed by atoms with E-state index >= 15 is 0 Å². The van der Waals surface area contributed by atoms with Crippen LogP contribution >= 0.6 is 11.8 Å². The number of nitrogens with zero attached hydrogens (tertiary/aromatic N) is 3. The zero-order valence-electron chi connectivity index (χ0n) is 8.57. The van der Waals surface area contributed by atoms with Gasteiger partial charge in [0.25, 0.3) is 0 Å². The number of hydrogen-bond acceptors (Lipinski definition) is 3. The van der Waals surface area contributed by atoms with Gasteiger partial charge in [0.2, 0.25) is 0 Å². The van der Waals surface area contributed by atoms with Gasteiger partial charge in [-0.25, -0.2) is 4.42 Å². The number of hydrogen-bond donors (Lipinski definition) is 0. The molecule has 0 bridgehead atoms. The van der Waals surface area contributed by atoms with Crippen LogP contribution in [0.2, 0.25) is 0 Å². The topological polar surface area (TPSA) is 18.8 Å². The van der Waals surface area contributed by atoms with Gasteiger partial charge >= 0.3 is 0 Å².